The van der Waals surface area contributed by atoms with Gasteiger partial charge in [0.25, 0.3) is 0 Å². The number of hydrogen-bond acceptors (Lipinski definition) is 5. The van der Waals surface area contributed by atoms with Gasteiger partial charge in [0.05, 0.1) is 26.4 Å². The second-order valence-corrected chi connectivity index (χ2v) is 5.05. The summed E-state index contributed by atoms with van der Waals surface area (Å²) in [5.41, 5.74) is 1.20. The average Bonchev–Trinajstić information content (AvgIpc) is 3.31. The van der Waals surface area contributed by atoms with E-state index >= 15 is 0 Å². The fourth-order valence-corrected chi connectivity index (χ4v) is 1.98. The smallest absolute Gasteiger partial charge is 0.161 e. The van der Waals surface area contributed by atoms with Crippen molar-refractivity contribution in [1.29, 1.82) is 0 Å². The van der Waals surface area contributed by atoms with E-state index in [1.54, 1.807) is 0 Å². The summed E-state index contributed by atoms with van der Waals surface area (Å²) in [6.45, 7) is 4.71. The molecule has 0 saturated heterocycles. The van der Waals surface area contributed by atoms with Crippen molar-refractivity contribution in [2.75, 3.05) is 33.0 Å². The van der Waals surface area contributed by atoms with E-state index in [2.05, 4.69) is 11.4 Å². The van der Waals surface area contributed by atoms with Crippen molar-refractivity contribution in [3.63, 3.8) is 0 Å². The molecule has 0 heterocycles. The monoisotopic (exact) mass is 295 g/mol. The Morgan fingerprint density at radius 2 is 2.00 bits per heavy atom. The molecule has 0 spiro atoms. The van der Waals surface area contributed by atoms with Crippen LogP contribution in [0.5, 0.6) is 11.5 Å². The average molecular weight is 295 g/mol. The Balaban J connectivity index is 1.85. The van der Waals surface area contributed by atoms with Crippen molar-refractivity contribution in [3.05, 3.63) is 23.8 Å². The number of ether oxygens (including phenoxy) is 3. The summed E-state index contributed by atoms with van der Waals surface area (Å²) in [7, 11) is 0. The van der Waals surface area contributed by atoms with E-state index in [4.69, 9.17) is 19.3 Å². The van der Waals surface area contributed by atoms with Crippen LogP contribution in [0.15, 0.2) is 18.2 Å². The lowest BCUT2D eigenvalue weighted by Crippen LogP contribution is -2.15. The van der Waals surface area contributed by atoms with Gasteiger partial charge < -0.3 is 24.6 Å². The van der Waals surface area contributed by atoms with Gasteiger partial charge >= 0.3 is 0 Å². The Hall–Kier alpha value is -1.30. The summed E-state index contributed by atoms with van der Waals surface area (Å²) >= 11 is 0. The molecule has 2 rings (SSSR count). The van der Waals surface area contributed by atoms with Gasteiger partial charge in [0.1, 0.15) is 6.61 Å². The van der Waals surface area contributed by atoms with Gasteiger partial charge in [-0.2, -0.15) is 0 Å². The summed E-state index contributed by atoms with van der Waals surface area (Å²) in [5.74, 6) is 1.51. The van der Waals surface area contributed by atoms with E-state index < -0.39 is 0 Å². The van der Waals surface area contributed by atoms with Crippen LogP contribution in [0.25, 0.3) is 0 Å². The Kier molecular flexibility index (Phi) is 6.79. The molecule has 1 saturated carbocycles. The largest absolute Gasteiger partial charge is 0.490 e. The third kappa shape index (κ3) is 5.91. The molecule has 1 aliphatic rings. The molecule has 1 fully saturated rings. The molecule has 21 heavy (non-hydrogen) atoms. The summed E-state index contributed by atoms with van der Waals surface area (Å²) < 4.78 is 16.5. The lowest BCUT2D eigenvalue weighted by Gasteiger charge is -2.14. The molecule has 2 N–H and O–H groups in total. The van der Waals surface area contributed by atoms with Gasteiger partial charge in [-0.25, -0.2) is 0 Å². The van der Waals surface area contributed by atoms with E-state index in [-0.39, 0.29) is 6.61 Å². The van der Waals surface area contributed by atoms with Crippen LogP contribution in [0.3, 0.4) is 0 Å². The molecule has 0 radical (unpaired) electrons. The Morgan fingerprint density at radius 3 is 2.71 bits per heavy atom. The minimum absolute atomic E-state index is 0.0346. The van der Waals surface area contributed by atoms with Gasteiger partial charge in [-0.05, 0) is 37.5 Å². The number of nitrogens with one attached hydrogen (secondary N) is 1. The highest BCUT2D eigenvalue weighted by atomic mass is 16.5. The molecular formula is C16H25NO4. The zero-order valence-electron chi connectivity index (χ0n) is 12.6. The fraction of sp³-hybridized carbons (Fsp3) is 0.625. The highest BCUT2D eigenvalue weighted by Crippen LogP contribution is 2.29. The van der Waals surface area contributed by atoms with Crippen molar-refractivity contribution in [2.24, 2.45) is 0 Å². The fourth-order valence-electron chi connectivity index (χ4n) is 1.98. The summed E-state index contributed by atoms with van der Waals surface area (Å²) in [4.78, 5) is 0. The van der Waals surface area contributed by atoms with Crippen LogP contribution in [-0.2, 0) is 11.3 Å². The first-order chi connectivity index (χ1) is 10.3. The third-order valence-electron chi connectivity index (χ3n) is 3.20. The van der Waals surface area contributed by atoms with Crippen LogP contribution >= 0.6 is 0 Å². The molecule has 0 aliphatic heterocycles. The first-order valence-electron chi connectivity index (χ1n) is 7.64. The minimum Gasteiger partial charge on any atom is -0.490 e. The minimum atomic E-state index is 0.0346. The van der Waals surface area contributed by atoms with Gasteiger partial charge in [0.15, 0.2) is 11.5 Å². The van der Waals surface area contributed by atoms with E-state index in [9.17, 15) is 0 Å². The zero-order chi connectivity index (χ0) is 14.9. The zero-order valence-corrected chi connectivity index (χ0v) is 12.6. The molecule has 5 heteroatoms. The normalized spacial score (nSPS) is 14.2. The van der Waals surface area contributed by atoms with Crippen LogP contribution in [0.4, 0.5) is 0 Å². The lowest BCUT2D eigenvalue weighted by atomic mass is 10.2. The van der Waals surface area contributed by atoms with Crippen LogP contribution in [0, 0.1) is 0 Å². The third-order valence-corrected chi connectivity index (χ3v) is 3.20. The van der Waals surface area contributed by atoms with Gasteiger partial charge in [-0.1, -0.05) is 6.07 Å². The van der Waals surface area contributed by atoms with Crippen LogP contribution in [0.1, 0.15) is 25.3 Å². The van der Waals surface area contributed by atoms with Crippen molar-refractivity contribution >= 4 is 0 Å². The highest BCUT2D eigenvalue weighted by Gasteiger charge is 2.20. The van der Waals surface area contributed by atoms with Crippen molar-refractivity contribution < 1.29 is 19.3 Å². The van der Waals surface area contributed by atoms with Crippen LogP contribution in [-0.4, -0.2) is 44.2 Å². The SMILES string of the molecule is CCOc1cc(CNC2CC2)ccc1OCCOCCO. The van der Waals surface area contributed by atoms with Crippen molar-refractivity contribution in [1.82, 2.24) is 5.32 Å². The number of aliphatic hydroxyl groups is 1. The molecular weight excluding hydrogens is 270 g/mol. The molecule has 1 aromatic carbocycles. The number of benzene rings is 1. The van der Waals surface area contributed by atoms with Crippen molar-refractivity contribution in [2.45, 2.75) is 32.4 Å². The Morgan fingerprint density at radius 1 is 1.14 bits per heavy atom. The van der Waals surface area contributed by atoms with Crippen molar-refractivity contribution in [3.8, 4) is 11.5 Å². The highest BCUT2D eigenvalue weighted by molar-refractivity contribution is 5.43. The number of aliphatic hydroxyl groups excluding tert-OH is 1. The van der Waals surface area contributed by atoms with Gasteiger partial charge in [-0.3, -0.25) is 0 Å². The predicted octanol–water partition coefficient (Wildman–Crippen LogP) is 1.72. The summed E-state index contributed by atoms with van der Waals surface area (Å²) in [6, 6.07) is 6.73. The second kappa shape index (κ2) is 8.87. The molecule has 0 amide bonds. The first-order valence-corrected chi connectivity index (χ1v) is 7.64. The van der Waals surface area contributed by atoms with Gasteiger partial charge in [0, 0.05) is 12.6 Å². The molecule has 0 bridgehead atoms. The summed E-state index contributed by atoms with van der Waals surface area (Å²) in [5, 5.41) is 12.1. The maximum absolute atomic E-state index is 8.63. The molecule has 1 aromatic rings. The standard InChI is InChI=1S/C16H25NO4/c1-2-20-16-11-13(12-17-14-4-5-14)3-6-15(16)21-10-9-19-8-7-18/h3,6,11,14,17-18H,2,4-5,7-10,12H2,1H3. The molecule has 118 valence electrons. The van der Waals surface area contributed by atoms with E-state index in [0.29, 0.717) is 32.5 Å². The topological polar surface area (TPSA) is 60.0 Å². The number of hydrogen-bond donors (Lipinski definition) is 2. The lowest BCUT2D eigenvalue weighted by molar-refractivity contribution is 0.0697. The molecule has 0 aromatic heterocycles. The van der Waals surface area contributed by atoms with Crippen LogP contribution in [0.2, 0.25) is 0 Å². The van der Waals surface area contributed by atoms with Crippen LogP contribution < -0.4 is 14.8 Å². The maximum Gasteiger partial charge on any atom is 0.161 e. The predicted molar refractivity (Wildman–Crippen MR) is 80.9 cm³/mol. The Labute approximate surface area is 126 Å². The van der Waals surface area contributed by atoms with E-state index in [1.807, 2.05) is 19.1 Å². The Bertz CT molecular complexity index is 421. The van der Waals surface area contributed by atoms with E-state index in [1.165, 1.54) is 18.4 Å². The maximum atomic E-state index is 8.63. The first kappa shape index (κ1) is 16.1. The quantitative estimate of drug-likeness (QED) is 0.609. The van der Waals surface area contributed by atoms with Gasteiger partial charge in [-0.15, -0.1) is 0 Å². The van der Waals surface area contributed by atoms with Gasteiger partial charge in [0.2, 0.25) is 0 Å². The van der Waals surface area contributed by atoms with E-state index in [0.717, 1.165) is 18.0 Å². The molecule has 0 unspecified atom stereocenters. The number of rotatable bonds is 11. The second-order valence-electron chi connectivity index (χ2n) is 5.05. The summed E-state index contributed by atoms with van der Waals surface area (Å²) in [6.07, 6.45) is 2.57. The molecule has 5 nitrogen and oxygen atoms in total. The molecule has 1 aliphatic carbocycles. The molecule has 0 atom stereocenters.